The number of carbonyl (C=O) groups is 2. The van der Waals surface area contributed by atoms with Crippen molar-refractivity contribution in [2.75, 3.05) is 33.9 Å². The molecular formula is C24H27FN2O4. The summed E-state index contributed by atoms with van der Waals surface area (Å²) in [5.74, 6) is 0.967. The second kappa shape index (κ2) is 8.96. The summed E-state index contributed by atoms with van der Waals surface area (Å²) in [6.07, 6.45) is 2.06. The predicted molar refractivity (Wildman–Crippen MR) is 114 cm³/mol. The van der Waals surface area contributed by atoms with Crippen molar-refractivity contribution in [3.63, 3.8) is 0 Å². The highest BCUT2D eigenvalue weighted by atomic mass is 19.1. The van der Waals surface area contributed by atoms with Gasteiger partial charge in [-0.1, -0.05) is 0 Å². The Balaban J connectivity index is 1.37. The van der Waals surface area contributed by atoms with E-state index in [1.165, 1.54) is 29.8 Å². The summed E-state index contributed by atoms with van der Waals surface area (Å²) in [5.41, 5.74) is 2.74. The highest BCUT2D eigenvalue weighted by Gasteiger charge is 2.32. The number of halogens is 1. The van der Waals surface area contributed by atoms with Crippen molar-refractivity contribution >= 4 is 11.8 Å². The van der Waals surface area contributed by atoms with E-state index < -0.39 is 0 Å². The summed E-state index contributed by atoms with van der Waals surface area (Å²) in [6.45, 7) is 2.30. The van der Waals surface area contributed by atoms with Crippen LogP contribution in [0, 0.1) is 11.7 Å². The van der Waals surface area contributed by atoms with Crippen LogP contribution >= 0.6 is 0 Å². The van der Waals surface area contributed by atoms with Crippen molar-refractivity contribution in [1.29, 1.82) is 0 Å². The monoisotopic (exact) mass is 426 g/mol. The second-order valence-electron chi connectivity index (χ2n) is 8.06. The van der Waals surface area contributed by atoms with Gasteiger partial charge in [-0.15, -0.1) is 0 Å². The minimum atomic E-state index is -0.361. The number of hydrogen-bond donors (Lipinski definition) is 0. The maximum Gasteiger partial charge on any atom is 0.253 e. The van der Waals surface area contributed by atoms with Crippen LogP contribution in [0.15, 0.2) is 36.4 Å². The SMILES string of the molecule is COc1cc2c(cc1OC)CN(C(=O)C1CCN(C(=O)c3ccc(F)cc3)CC1)CC2. The number of amides is 2. The van der Waals surface area contributed by atoms with Gasteiger partial charge in [0.15, 0.2) is 11.5 Å². The van der Waals surface area contributed by atoms with Crippen LogP contribution in [0.3, 0.4) is 0 Å². The molecule has 0 atom stereocenters. The molecule has 0 spiro atoms. The lowest BCUT2D eigenvalue weighted by molar-refractivity contribution is -0.137. The van der Waals surface area contributed by atoms with Gasteiger partial charge in [0.1, 0.15) is 5.82 Å². The summed E-state index contributed by atoms with van der Waals surface area (Å²) in [7, 11) is 3.23. The molecule has 7 heteroatoms. The number of hydrogen-bond acceptors (Lipinski definition) is 4. The van der Waals surface area contributed by atoms with Crippen molar-refractivity contribution in [3.8, 4) is 11.5 Å². The molecule has 0 radical (unpaired) electrons. The molecule has 2 aromatic rings. The van der Waals surface area contributed by atoms with Crippen LogP contribution in [0.25, 0.3) is 0 Å². The molecule has 0 aromatic heterocycles. The van der Waals surface area contributed by atoms with Gasteiger partial charge in [0.25, 0.3) is 5.91 Å². The molecule has 164 valence electrons. The molecule has 0 bridgehead atoms. The Morgan fingerprint density at radius 3 is 2.13 bits per heavy atom. The lowest BCUT2D eigenvalue weighted by Crippen LogP contribution is -2.45. The predicted octanol–water partition coefficient (Wildman–Crippen LogP) is 3.28. The van der Waals surface area contributed by atoms with Crippen molar-refractivity contribution in [1.82, 2.24) is 9.80 Å². The molecule has 4 rings (SSSR count). The Hall–Kier alpha value is -3.09. The van der Waals surface area contributed by atoms with E-state index in [2.05, 4.69) is 0 Å². The van der Waals surface area contributed by atoms with Gasteiger partial charge < -0.3 is 19.3 Å². The van der Waals surface area contributed by atoms with Gasteiger partial charge in [0.05, 0.1) is 14.2 Å². The van der Waals surface area contributed by atoms with E-state index in [4.69, 9.17) is 9.47 Å². The average molecular weight is 426 g/mol. The van der Waals surface area contributed by atoms with E-state index in [1.807, 2.05) is 17.0 Å². The van der Waals surface area contributed by atoms with Gasteiger partial charge in [-0.2, -0.15) is 0 Å². The minimum Gasteiger partial charge on any atom is -0.493 e. The summed E-state index contributed by atoms with van der Waals surface area (Å²) >= 11 is 0. The van der Waals surface area contributed by atoms with Crippen LogP contribution in [0.2, 0.25) is 0 Å². The fraction of sp³-hybridized carbons (Fsp3) is 0.417. The number of ether oxygens (including phenoxy) is 2. The molecule has 2 heterocycles. The molecule has 0 N–H and O–H groups in total. The Morgan fingerprint density at radius 2 is 1.52 bits per heavy atom. The molecule has 0 aliphatic carbocycles. The van der Waals surface area contributed by atoms with E-state index in [1.54, 1.807) is 19.1 Å². The van der Waals surface area contributed by atoms with E-state index in [-0.39, 0.29) is 23.5 Å². The fourth-order valence-electron chi connectivity index (χ4n) is 4.43. The molecule has 6 nitrogen and oxygen atoms in total. The number of methoxy groups -OCH3 is 2. The number of benzene rings is 2. The van der Waals surface area contributed by atoms with Gasteiger partial charge in [-0.25, -0.2) is 4.39 Å². The summed E-state index contributed by atoms with van der Waals surface area (Å²) in [4.78, 5) is 29.4. The highest BCUT2D eigenvalue weighted by molar-refractivity contribution is 5.94. The van der Waals surface area contributed by atoms with Crippen molar-refractivity contribution in [2.45, 2.75) is 25.8 Å². The first-order chi connectivity index (χ1) is 15.0. The number of likely N-dealkylation sites (tertiary alicyclic amines) is 1. The Morgan fingerprint density at radius 1 is 0.903 bits per heavy atom. The third kappa shape index (κ3) is 4.36. The third-order valence-electron chi connectivity index (χ3n) is 6.25. The molecule has 1 fully saturated rings. The van der Waals surface area contributed by atoms with E-state index in [0.717, 1.165) is 12.0 Å². The average Bonchev–Trinajstić information content (AvgIpc) is 2.82. The van der Waals surface area contributed by atoms with Gasteiger partial charge in [-0.05, 0) is 66.8 Å². The van der Waals surface area contributed by atoms with E-state index in [9.17, 15) is 14.0 Å². The van der Waals surface area contributed by atoms with Crippen LogP contribution in [-0.4, -0.2) is 55.5 Å². The molecular weight excluding hydrogens is 399 g/mol. The molecule has 2 aliphatic heterocycles. The first kappa shape index (κ1) is 21.2. The number of rotatable bonds is 4. The van der Waals surface area contributed by atoms with Crippen LogP contribution in [0.5, 0.6) is 11.5 Å². The number of nitrogens with zero attached hydrogens (tertiary/aromatic N) is 2. The maximum absolute atomic E-state index is 13.1. The zero-order valence-corrected chi connectivity index (χ0v) is 17.9. The largest absolute Gasteiger partial charge is 0.493 e. The highest BCUT2D eigenvalue weighted by Crippen LogP contribution is 2.34. The van der Waals surface area contributed by atoms with Crippen LogP contribution < -0.4 is 9.47 Å². The van der Waals surface area contributed by atoms with Crippen LogP contribution in [-0.2, 0) is 17.8 Å². The van der Waals surface area contributed by atoms with Crippen LogP contribution in [0.4, 0.5) is 4.39 Å². The summed E-state index contributed by atoms with van der Waals surface area (Å²) in [5, 5.41) is 0. The summed E-state index contributed by atoms with van der Waals surface area (Å²) in [6, 6.07) is 9.55. The zero-order chi connectivity index (χ0) is 22.0. The van der Waals surface area contributed by atoms with Gasteiger partial charge in [-0.3, -0.25) is 9.59 Å². The van der Waals surface area contributed by atoms with Crippen LogP contribution in [0.1, 0.15) is 34.3 Å². The number of carbonyl (C=O) groups excluding carboxylic acids is 2. The molecule has 2 aliphatic rings. The molecule has 31 heavy (non-hydrogen) atoms. The topological polar surface area (TPSA) is 59.1 Å². The zero-order valence-electron chi connectivity index (χ0n) is 17.9. The van der Waals surface area contributed by atoms with Crippen molar-refractivity contribution < 1.29 is 23.5 Å². The van der Waals surface area contributed by atoms with Gasteiger partial charge in [0.2, 0.25) is 5.91 Å². The number of fused-ring (bicyclic) bond motifs is 1. The fourth-order valence-corrected chi connectivity index (χ4v) is 4.43. The Labute approximate surface area is 181 Å². The molecule has 1 saturated heterocycles. The Kier molecular flexibility index (Phi) is 6.11. The van der Waals surface area contributed by atoms with E-state index >= 15 is 0 Å². The van der Waals surface area contributed by atoms with Gasteiger partial charge >= 0.3 is 0 Å². The lowest BCUT2D eigenvalue weighted by Gasteiger charge is -2.36. The lowest BCUT2D eigenvalue weighted by atomic mass is 9.92. The minimum absolute atomic E-state index is 0.0843. The maximum atomic E-state index is 13.1. The third-order valence-corrected chi connectivity index (χ3v) is 6.25. The molecule has 0 unspecified atom stereocenters. The molecule has 2 amide bonds. The van der Waals surface area contributed by atoms with E-state index in [0.29, 0.717) is 56.1 Å². The normalized spacial score (nSPS) is 16.6. The van der Waals surface area contributed by atoms with Crippen molar-refractivity contribution in [2.24, 2.45) is 5.92 Å². The molecule has 2 aromatic carbocycles. The smallest absolute Gasteiger partial charge is 0.253 e. The quantitative estimate of drug-likeness (QED) is 0.753. The van der Waals surface area contributed by atoms with Gasteiger partial charge in [0, 0.05) is 37.7 Å². The second-order valence-corrected chi connectivity index (χ2v) is 8.06. The van der Waals surface area contributed by atoms with Crippen molar-refractivity contribution in [3.05, 3.63) is 58.9 Å². The first-order valence-electron chi connectivity index (χ1n) is 10.6. The number of piperidine rings is 1. The molecule has 0 saturated carbocycles. The standard InChI is InChI=1S/C24H27FN2O4/c1-30-21-13-18-9-12-27(15-19(18)14-22(21)31-2)24(29)17-7-10-26(11-8-17)23(28)16-3-5-20(25)6-4-16/h3-6,13-14,17H,7-12,15H2,1-2H3. The Bertz CT molecular complexity index is 968. The first-order valence-corrected chi connectivity index (χ1v) is 10.6. The summed E-state index contributed by atoms with van der Waals surface area (Å²) < 4.78 is 23.9.